The fraction of sp³-hybridized carbons (Fsp3) is 0. The lowest BCUT2D eigenvalue weighted by Gasteiger charge is -2.14. The van der Waals surface area contributed by atoms with Crippen molar-refractivity contribution in [1.29, 1.82) is 0 Å². The molecule has 4 rings (SSSR count). The van der Waals surface area contributed by atoms with E-state index >= 15 is 0 Å². The van der Waals surface area contributed by atoms with Gasteiger partial charge in [-0.05, 0) is 59.7 Å². The third-order valence-corrected chi connectivity index (χ3v) is 7.10. The Hall–Kier alpha value is -4.50. The molecule has 0 radical (unpaired) electrons. The zero-order chi connectivity index (χ0) is 27.8. The molecule has 198 valence electrons. The molecule has 0 aromatic heterocycles. The lowest BCUT2D eigenvalue weighted by atomic mass is 10.1. The Morgan fingerprint density at radius 1 is 0.500 bits per heavy atom. The van der Waals surface area contributed by atoms with Crippen LogP contribution in [0.5, 0.6) is 23.0 Å². The highest BCUT2D eigenvalue weighted by Crippen LogP contribution is 2.37. The maximum absolute atomic E-state index is 12.1. The summed E-state index contributed by atoms with van der Waals surface area (Å²) in [4.78, 5) is -1.20. The van der Waals surface area contributed by atoms with Crippen LogP contribution in [-0.4, -0.2) is 25.9 Å². The molecule has 0 aliphatic heterocycles. The highest BCUT2D eigenvalue weighted by Gasteiger charge is 2.22. The van der Waals surface area contributed by atoms with Crippen molar-refractivity contribution in [2.45, 2.75) is 9.79 Å². The second kappa shape index (κ2) is 9.75. The predicted octanol–water partition coefficient (Wildman–Crippen LogP) is 3.76. The number of ether oxygens (including phenoxy) is 2. The van der Waals surface area contributed by atoms with Crippen LogP contribution in [0.1, 0.15) is 0 Å². The maximum atomic E-state index is 12.1. The molecule has 0 bridgehead atoms. The first kappa shape index (κ1) is 26.6. The summed E-state index contributed by atoms with van der Waals surface area (Å²) < 4.78 is 79.4. The van der Waals surface area contributed by atoms with Crippen LogP contribution in [-0.2, 0) is 20.2 Å². The molecule has 4 aromatic carbocycles. The van der Waals surface area contributed by atoms with Gasteiger partial charge < -0.3 is 32.4 Å². The smallest absolute Gasteiger partial charge is 0.298 e. The molecule has 0 saturated carbocycles. The van der Waals surface area contributed by atoms with Crippen LogP contribution < -0.4 is 32.4 Å². The molecule has 0 spiro atoms. The summed E-state index contributed by atoms with van der Waals surface area (Å²) in [5.74, 6) is -0.131. The third kappa shape index (κ3) is 5.73. The predicted molar refractivity (Wildman–Crippen MR) is 142 cm³/mol. The summed E-state index contributed by atoms with van der Waals surface area (Å²) in [7, 11) is -9.59. The van der Waals surface area contributed by atoms with E-state index in [1.807, 2.05) is 0 Å². The van der Waals surface area contributed by atoms with Gasteiger partial charge in [-0.2, -0.15) is 16.8 Å². The quantitative estimate of drug-likeness (QED) is 0.141. The van der Waals surface area contributed by atoms with Crippen molar-refractivity contribution in [3.8, 4) is 34.1 Å². The summed E-state index contributed by atoms with van der Waals surface area (Å²) in [6.45, 7) is 0. The van der Waals surface area contributed by atoms with Gasteiger partial charge in [0.05, 0.1) is 22.7 Å². The van der Waals surface area contributed by atoms with E-state index in [9.17, 15) is 25.9 Å². The van der Waals surface area contributed by atoms with Crippen LogP contribution >= 0.6 is 0 Å². The second-order valence-electron chi connectivity index (χ2n) is 8.06. The summed E-state index contributed by atoms with van der Waals surface area (Å²) in [6.07, 6.45) is 0. The highest BCUT2D eigenvalue weighted by atomic mass is 32.2. The first-order valence-corrected chi connectivity index (χ1v) is 13.5. The van der Waals surface area contributed by atoms with Gasteiger partial charge in [0.2, 0.25) is 0 Å². The molecular formula is C24H22N4O8S2. The molecule has 14 heteroatoms. The SMILES string of the molecule is Nc1ccc(Oc2ccc(-c3ccc(Oc4ccc(N)c(N)c4)c(S(=O)(=O)O)c3)cc2S(=O)(=O)O)cc1N. The van der Waals surface area contributed by atoms with Crippen LogP contribution in [0.15, 0.2) is 82.6 Å². The fourth-order valence-electron chi connectivity index (χ4n) is 3.43. The van der Waals surface area contributed by atoms with Gasteiger partial charge >= 0.3 is 0 Å². The minimum Gasteiger partial charge on any atom is -0.456 e. The number of hydrogen-bond acceptors (Lipinski definition) is 10. The van der Waals surface area contributed by atoms with Gasteiger partial charge in [0.1, 0.15) is 32.8 Å². The molecule has 38 heavy (non-hydrogen) atoms. The van der Waals surface area contributed by atoms with Gasteiger partial charge in [0.25, 0.3) is 20.2 Å². The van der Waals surface area contributed by atoms with Gasteiger partial charge in [-0.1, -0.05) is 12.1 Å². The van der Waals surface area contributed by atoms with Crippen molar-refractivity contribution >= 4 is 43.0 Å². The number of benzene rings is 4. The third-order valence-electron chi connectivity index (χ3n) is 5.35. The van der Waals surface area contributed by atoms with Crippen molar-refractivity contribution in [2.75, 3.05) is 22.9 Å². The Labute approximate surface area is 217 Å². The van der Waals surface area contributed by atoms with E-state index in [0.717, 1.165) is 12.1 Å². The number of hydrogen-bond donors (Lipinski definition) is 6. The van der Waals surface area contributed by atoms with E-state index in [-0.39, 0.29) is 45.5 Å². The van der Waals surface area contributed by atoms with E-state index in [2.05, 4.69) is 0 Å². The Kier molecular flexibility index (Phi) is 6.82. The van der Waals surface area contributed by atoms with E-state index in [4.69, 9.17) is 32.4 Å². The lowest BCUT2D eigenvalue weighted by molar-refractivity contribution is 0.448. The molecule has 12 nitrogen and oxygen atoms in total. The molecule has 0 atom stereocenters. The van der Waals surface area contributed by atoms with E-state index in [0.29, 0.717) is 11.4 Å². The van der Waals surface area contributed by atoms with Crippen LogP contribution in [0.25, 0.3) is 11.1 Å². The second-order valence-corrected chi connectivity index (χ2v) is 10.8. The van der Waals surface area contributed by atoms with Crippen LogP contribution in [0.2, 0.25) is 0 Å². The molecule has 0 amide bonds. The molecule has 0 aliphatic carbocycles. The molecule has 0 saturated heterocycles. The number of nitrogens with two attached hydrogens (primary N) is 4. The molecule has 10 N–H and O–H groups in total. The maximum Gasteiger partial charge on any atom is 0.298 e. The number of anilines is 4. The highest BCUT2D eigenvalue weighted by molar-refractivity contribution is 7.86. The van der Waals surface area contributed by atoms with E-state index < -0.39 is 30.0 Å². The van der Waals surface area contributed by atoms with Crippen molar-refractivity contribution in [3.05, 3.63) is 72.8 Å². The Morgan fingerprint density at radius 2 is 0.868 bits per heavy atom. The number of rotatable bonds is 7. The van der Waals surface area contributed by atoms with Crippen molar-refractivity contribution in [1.82, 2.24) is 0 Å². The van der Waals surface area contributed by atoms with Crippen molar-refractivity contribution in [3.63, 3.8) is 0 Å². The normalized spacial score (nSPS) is 11.7. The van der Waals surface area contributed by atoms with Crippen LogP contribution in [0.4, 0.5) is 22.7 Å². The molecule has 0 fully saturated rings. The van der Waals surface area contributed by atoms with Gasteiger partial charge in [0.15, 0.2) is 0 Å². The summed E-state index contributed by atoms with van der Waals surface area (Å²) >= 11 is 0. The minimum absolute atomic E-state index is 0.160. The van der Waals surface area contributed by atoms with Gasteiger partial charge in [-0.3, -0.25) is 9.11 Å². The van der Waals surface area contributed by atoms with E-state index in [1.54, 1.807) is 0 Å². The Bertz CT molecular complexity index is 1640. The summed E-state index contributed by atoms with van der Waals surface area (Å²) in [5.41, 5.74) is 24.2. The topological polar surface area (TPSA) is 231 Å². The minimum atomic E-state index is -4.79. The Balaban J connectivity index is 1.76. The summed E-state index contributed by atoms with van der Waals surface area (Å²) in [5, 5.41) is 0. The van der Waals surface area contributed by atoms with Crippen molar-refractivity contribution in [2.24, 2.45) is 0 Å². The van der Waals surface area contributed by atoms with Gasteiger partial charge in [-0.15, -0.1) is 0 Å². The molecule has 0 unspecified atom stereocenters. The first-order chi connectivity index (χ1) is 17.7. The monoisotopic (exact) mass is 558 g/mol. The largest absolute Gasteiger partial charge is 0.456 e. The molecular weight excluding hydrogens is 536 g/mol. The molecule has 4 aromatic rings. The van der Waals surface area contributed by atoms with Gasteiger partial charge in [-0.25, -0.2) is 0 Å². The zero-order valence-corrected chi connectivity index (χ0v) is 21.0. The van der Waals surface area contributed by atoms with E-state index in [1.165, 1.54) is 60.7 Å². The van der Waals surface area contributed by atoms with Crippen LogP contribution in [0.3, 0.4) is 0 Å². The average Bonchev–Trinajstić information content (AvgIpc) is 2.83. The Morgan fingerprint density at radius 3 is 1.18 bits per heavy atom. The first-order valence-electron chi connectivity index (χ1n) is 10.6. The van der Waals surface area contributed by atoms with Crippen molar-refractivity contribution < 1.29 is 35.4 Å². The van der Waals surface area contributed by atoms with Gasteiger partial charge in [0, 0.05) is 12.1 Å². The molecule has 0 aliphatic rings. The fourth-order valence-corrected chi connectivity index (χ4v) is 4.71. The lowest BCUT2D eigenvalue weighted by Crippen LogP contribution is -2.03. The average molecular weight is 559 g/mol. The zero-order valence-electron chi connectivity index (χ0n) is 19.4. The van der Waals surface area contributed by atoms with Crippen LogP contribution in [0, 0.1) is 0 Å². The molecule has 0 heterocycles. The standard InChI is InChI=1S/C24H22N4O8S2/c25-17-5-3-15(11-19(17)27)35-21-7-1-13(9-23(21)37(29,30)31)14-2-8-22(24(10-14)38(32,33)34)36-16-4-6-18(26)20(28)12-16/h1-12H,25-28H2,(H,29,30,31)(H,32,33,34). The number of nitrogen functional groups attached to an aromatic ring is 4. The summed E-state index contributed by atoms with van der Waals surface area (Å²) in [6, 6.07) is 16.1.